The molecule has 3 rings (SSSR count). The Labute approximate surface area is 122 Å². The van der Waals surface area contributed by atoms with Crippen molar-refractivity contribution in [3.8, 4) is 0 Å². The Morgan fingerprint density at radius 3 is 2.65 bits per heavy atom. The van der Waals surface area contributed by atoms with Crippen LogP contribution in [0.5, 0.6) is 0 Å². The van der Waals surface area contributed by atoms with Crippen LogP contribution in [0.2, 0.25) is 0 Å². The van der Waals surface area contributed by atoms with Gasteiger partial charge in [-0.1, -0.05) is 6.07 Å². The number of thioether (sulfide) groups is 1. The minimum Gasteiger partial charge on any atom is -0.363 e. The zero-order valence-corrected chi connectivity index (χ0v) is 12.6. The largest absolute Gasteiger partial charge is 0.363 e. The third-order valence-electron chi connectivity index (χ3n) is 3.73. The van der Waals surface area contributed by atoms with Crippen molar-refractivity contribution in [2.45, 2.75) is 22.7 Å². The molecule has 0 saturated carbocycles. The lowest BCUT2D eigenvalue weighted by Gasteiger charge is -2.37. The molecule has 1 spiro atoms. The molecule has 2 fully saturated rings. The van der Waals surface area contributed by atoms with Gasteiger partial charge in [-0.25, -0.2) is 12.8 Å². The fraction of sp³-hybridized carbons (Fsp3) is 0.538. The normalized spacial score (nSPS) is 23.2. The second-order valence-electron chi connectivity index (χ2n) is 4.97. The van der Waals surface area contributed by atoms with Gasteiger partial charge in [-0.2, -0.15) is 4.31 Å². The summed E-state index contributed by atoms with van der Waals surface area (Å²) in [5, 5.41) is 0. The Bertz CT molecular complexity index is 589. The van der Waals surface area contributed by atoms with E-state index in [4.69, 9.17) is 4.74 Å². The smallest absolute Gasteiger partial charge is 0.243 e. The lowest BCUT2D eigenvalue weighted by molar-refractivity contribution is 0.0162. The maximum Gasteiger partial charge on any atom is 0.243 e. The van der Waals surface area contributed by atoms with Gasteiger partial charge in [0.2, 0.25) is 10.0 Å². The fourth-order valence-electron chi connectivity index (χ4n) is 2.63. The molecule has 4 nitrogen and oxygen atoms in total. The third-order valence-corrected chi connectivity index (χ3v) is 7.05. The summed E-state index contributed by atoms with van der Waals surface area (Å²) in [5.41, 5.74) is 0. The van der Waals surface area contributed by atoms with Crippen LogP contribution in [0.1, 0.15) is 12.8 Å². The zero-order valence-electron chi connectivity index (χ0n) is 10.9. The van der Waals surface area contributed by atoms with Crippen molar-refractivity contribution in [1.82, 2.24) is 4.31 Å². The molecule has 7 heteroatoms. The average Bonchev–Trinajstić information content (AvgIpc) is 2.87. The van der Waals surface area contributed by atoms with E-state index in [0.717, 1.165) is 18.4 Å². The maximum atomic E-state index is 13.2. The van der Waals surface area contributed by atoms with Crippen molar-refractivity contribution in [2.24, 2.45) is 0 Å². The van der Waals surface area contributed by atoms with Crippen LogP contribution in [0.3, 0.4) is 0 Å². The number of benzene rings is 1. The molecule has 0 bridgehead atoms. The molecule has 1 aromatic carbocycles. The predicted molar refractivity (Wildman–Crippen MR) is 75.5 cm³/mol. The van der Waals surface area contributed by atoms with Gasteiger partial charge < -0.3 is 4.74 Å². The van der Waals surface area contributed by atoms with Gasteiger partial charge in [0.1, 0.15) is 10.8 Å². The van der Waals surface area contributed by atoms with E-state index in [1.54, 1.807) is 11.8 Å². The van der Waals surface area contributed by atoms with Crippen molar-refractivity contribution in [3.63, 3.8) is 0 Å². The molecule has 2 aliphatic heterocycles. The molecule has 0 unspecified atom stereocenters. The number of nitrogens with zero attached hydrogens (tertiary/aromatic N) is 1. The Morgan fingerprint density at radius 1 is 1.30 bits per heavy atom. The highest BCUT2D eigenvalue weighted by Gasteiger charge is 2.42. The second-order valence-corrected chi connectivity index (χ2v) is 8.35. The summed E-state index contributed by atoms with van der Waals surface area (Å²) in [4.78, 5) is -0.179. The van der Waals surface area contributed by atoms with Gasteiger partial charge in [0.05, 0.1) is 11.5 Å². The molecule has 0 radical (unpaired) electrons. The van der Waals surface area contributed by atoms with E-state index in [-0.39, 0.29) is 9.83 Å². The number of hydrogen-bond acceptors (Lipinski definition) is 4. The first-order chi connectivity index (χ1) is 9.52. The van der Waals surface area contributed by atoms with Crippen LogP contribution >= 0.6 is 11.8 Å². The lowest BCUT2D eigenvalue weighted by atomic mass is 10.1. The summed E-state index contributed by atoms with van der Waals surface area (Å²) in [5.74, 6) is 0.436. The third kappa shape index (κ3) is 2.59. The van der Waals surface area contributed by atoms with Gasteiger partial charge in [0.15, 0.2) is 0 Å². The minimum atomic E-state index is -3.60. The predicted octanol–water partition coefficient (Wildman–Crippen LogP) is 2.07. The van der Waals surface area contributed by atoms with E-state index < -0.39 is 15.8 Å². The molecular formula is C13H16FNO3S2. The number of ether oxygens (including phenoxy) is 1. The van der Waals surface area contributed by atoms with Crippen LogP contribution in [-0.4, -0.2) is 43.1 Å². The first-order valence-corrected chi connectivity index (χ1v) is 8.98. The van der Waals surface area contributed by atoms with Crippen LogP contribution in [0, 0.1) is 5.82 Å². The van der Waals surface area contributed by atoms with Gasteiger partial charge in [0.25, 0.3) is 0 Å². The topological polar surface area (TPSA) is 46.6 Å². The second kappa shape index (κ2) is 5.29. The van der Waals surface area contributed by atoms with Crippen molar-refractivity contribution in [3.05, 3.63) is 30.1 Å². The molecule has 0 atom stereocenters. The maximum absolute atomic E-state index is 13.2. The zero-order chi connectivity index (χ0) is 14.2. The van der Waals surface area contributed by atoms with Gasteiger partial charge >= 0.3 is 0 Å². The number of sulfonamides is 1. The Balaban J connectivity index is 1.77. The van der Waals surface area contributed by atoms with E-state index in [1.165, 1.54) is 22.5 Å². The van der Waals surface area contributed by atoms with Crippen molar-refractivity contribution in [1.29, 1.82) is 0 Å². The van der Waals surface area contributed by atoms with E-state index in [0.29, 0.717) is 25.9 Å². The summed E-state index contributed by atoms with van der Waals surface area (Å²) in [6.07, 6.45) is 1.37. The van der Waals surface area contributed by atoms with E-state index in [9.17, 15) is 12.8 Å². The highest BCUT2D eigenvalue weighted by Crippen LogP contribution is 2.42. The first-order valence-electron chi connectivity index (χ1n) is 6.56. The van der Waals surface area contributed by atoms with E-state index in [1.807, 2.05) is 0 Å². The number of hydrogen-bond donors (Lipinski definition) is 0. The molecule has 2 saturated heterocycles. The molecule has 110 valence electrons. The van der Waals surface area contributed by atoms with Crippen molar-refractivity contribution < 1.29 is 17.5 Å². The van der Waals surface area contributed by atoms with E-state index >= 15 is 0 Å². The Morgan fingerprint density at radius 2 is 2.05 bits per heavy atom. The molecular weight excluding hydrogens is 301 g/mol. The summed E-state index contributed by atoms with van der Waals surface area (Å²) in [6.45, 7) is 1.58. The summed E-state index contributed by atoms with van der Waals surface area (Å²) in [6, 6.07) is 5.17. The SMILES string of the molecule is O=S(=O)(c1cccc(F)c1)N1CCC2(CC1)OCCS2. The number of halogens is 1. The average molecular weight is 317 g/mol. The highest BCUT2D eigenvalue weighted by atomic mass is 32.2. The van der Waals surface area contributed by atoms with Crippen LogP contribution in [-0.2, 0) is 14.8 Å². The van der Waals surface area contributed by atoms with Crippen LogP contribution in [0.25, 0.3) is 0 Å². The summed E-state index contributed by atoms with van der Waals surface area (Å²) < 4.78 is 45.3. The highest BCUT2D eigenvalue weighted by molar-refractivity contribution is 8.00. The molecule has 1 aromatic rings. The molecule has 0 N–H and O–H groups in total. The lowest BCUT2D eigenvalue weighted by Crippen LogP contribution is -2.44. The molecule has 20 heavy (non-hydrogen) atoms. The minimum absolute atomic E-state index is 0.0217. The van der Waals surface area contributed by atoms with E-state index in [2.05, 4.69) is 0 Å². The molecule has 2 aliphatic rings. The van der Waals surface area contributed by atoms with Gasteiger partial charge in [-0.3, -0.25) is 0 Å². The van der Waals surface area contributed by atoms with Crippen molar-refractivity contribution >= 4 is 21.8 Å². The van der Waals surface area contributed by atoms with Gasteiger partial charge in [-0.05, 0) is 31.0 Å². The molecule has 2 heterocycles. The Hall–Kier alpha value is -0.630. The molecule has 0 aromatic heterocycles. The van der Waals surface area contributed by atoms with Crippen molar-refractivity contribution in [2.75, 3.05) is 25.4 Å². The summed E-state index contributed by atoms with van der Waals surface area (Å²) >= 11 is 1.77. The van der Waals surface area contributed by atoms with Crippen LogP contribution in [0.15, 0.2) is 29.2 Å². The van der Waals surface area contributed by atoms with Crippen LogP contribution in [0.4, 0.5) is 4.39 Å². The first kappa shape index (κ1) is 14.3. The molecule has 0 amide bonds. The van der Waals surface area contributed by atoms with Crippen LogP contribution < -0.4 is 0 Å². The molecule has 0 aliphatic carbocycles. The monoisotopic (exact) mass is 317 g/mol. The summed E-state index contributed by atoms with van der Waals surface area (Å²) in [7, 11) is -3.60. The Kier molecular flexibility index (Phi) is 3.79. The number of rotatable bonds is 2. The van der Waals surface area contributed by atoms with Gasteiger partial charge in [-0.15, -0.1) is 11.8 Å². The fourth-order valence-corrected chi connectivity index (χ4v) is 5.28. The quantitative estimate of drug-likeness (QED) is 0.838. The number of piperidine rings is 1. The van der Waals surface area contributed by atoms with Gasteiger partial charge in [0, 0.05) is 18.8 Å². The standard InChI is InChI=1S/C13H16FNO3S2/c14-11-2-1-3-12(10-11)20(16,17)15-6-4-13(5-7-15)18-8-9-19-13/h1-3,10H,4-9H2.